The molecule has 7 heteroatoms. The number of pyridine rings is 1. The second-order valence-corrected chi connectivity index (χ2v) is 6.36. The van der Waals surface area contributed by atoms with Crippen LogP contribution in [0.4, 0.5) is 5.82 Å². The molecule has 0 bridgehead atoms. The van der Waals surface area contributed by atoms with Gasteiger partial charge in [0, 0.05) is 19.6 Å². The van der Waals surface area contributed by atoms with Crippen molar-refractivity contribution in [1.29, 1.82) is 5.26 Å². The SMILES string of the molecule is COc1ccc(C(CNc2ccc(Cl)c(C#N)n2)N2CCOCC2)cc1. The molecule has 0 radical (unpaired) electrons. The molecule has 0 saturated carbocycles. The monoisotopic (exact) mass is 372 g/mol. The molecule has 1 atom stereocenters. The lowest BCUT2D eigenvalue weighted by molar-refractivity contribution is 0.0187. The Morgan fingerprint density at radius 3 is 2.65 bits per heavy atom. The van der Waals surface area contributed by atoms with Crippen LogP contribution in [0.25, 0.3) is 0 Å². The van der Waals surface area contributed by atoms with Crippen LogP contribution in [-0.2, 0) is 4.74 Å². The summed E-state index contributed by atoms with van der Waals surface area (Å²) in [5, 5.41) is 12.8. The Morgan fingerprint density at radius 1 is 1.27 bits per heavy atom. The molecule has 136 valence electrons. The molecule has 2 aromatic rings. The normalized spacial score (nSPS) is 15.9. The molecule has 0 amide bonds. The van der Waals surface area contributed by atoms with Crippen molar-refractivity contribution in [3.63, 3.8) is 0 Å². The fourth-order valence-corrected chi connectivity index (χ4v) is 3.14. The smallest absolute Gasteiger partial charge is 0.161 e. The molecule has 1 saturated heterocycles. The van der Waals surface area contributed by atoms with Crippen LogP contribution in [-0.4, -0.2) is 49.8 Å². The van der Waals surface area contributed by atoms with E-state index in [-0.39, 0.29) is 11.7 Å². The molecule has 1 fully saturated rings. The fourth-order valence-electron chi connectivity index (χ4n) is 2.99. The lowest BCUT2D eigenvalue weighted by atomic mass is 10.0. The molecule has 3 rings (SSSR count). The standard InChI is InChI=1S/C19H21ClN4O2/c1-25-15-4-2-14(3-5-15)18(24-8-10-26-11-9-24)13-22-19-7-6-16(20)17(12-21)23-19/h2-7,18H,8-11,13H2,1H3,(H,22,23). The average Bonchev–Trinajstić information content (AvgIpc) is 2.70. The van der Waals surface area contributed by atoms with E-state index in [1.165, 1.54) is 5.56 Å². The van der Waals surface area contributed by atoms with Crippen molar-refractivity contribution in [1.82, 2.24) is 9.88 Å². The molecule has 1 aliphatic heterocycles. The summed E-state index contributed by atoms with van der Waals surface area (Å²) in [4.78, 5) is 6.65. The van der Waals surface area contributed by atoms with Gasteiger partial charge in [-0.05, 0) is 29.8 Å². The lowest BCUT2D eigenvalue weighted by Crippen LogP contribution is -2.41. The minimum absolute atomic E-state index is 0.160. The van der Waals surface area contributed by atoms with Gasteiger partial charge in [-0.3, -0.25) is 4.90 Å². The molecule has 1 unspecified atom stereocenters. The third-order valence-electron chi connectivity index (χ3n) is 4.42. The maximum Gasteiger partial charge on any atom is 0.161 e. The number of methoxy groups -OCH3 is 1. The molecule has 0 aliphatic carbocycles. The van der Waals surface area contributed by atoms with Crippen LogP contribution in [0, 0.1) is 11.3 Å². The van der Waals surface area contributed by atoms with E-state index in [2.05, 4.69) is 27.3 Å². The number of halogens is 1. The van der Waals surface area contributed by atoms with Gasteiger partial charge in [-0.2, -0.15) is 5.26 Å². The van der Waals surface area contributed by atoms with Crippen molar-refractivity contribution < 1.29 is 9.47 Å². The first kappa shape index (κ1) is 18.5. The number of hydrogen-bond donors (Lipinski definition) is 1. The number of aromatic nitrogens is 1. The third-order valence-corrected chi connectivity index (χ3v) is 4.72. The molecule has 1 aliphatic rings. The van der Waals surface area contributed by atoms with E-state index in [1.54, 1.807) is 19.2 Å². The third kappa shape index (κ3) is 4.44. The van der Waals surface area contributed by atoms with Gasteiger partial charge >= 0.3 is 0 Å². The van der Waals surface area contributed by atoms with Crippen molar-refractivity contribution >= 4 is 17.4 Å². The molecule has 6 nitrogen and oxygen atoms in total. The van der Waals surface area contributed by atoms with Crippen LogP contribution in [0.5, 0.6) is 5.75 Å². The minimum Gasteiger partial charge on any atom is -0.497 e. The van der Waals surface area contributed by atoms with Gasteiger partial charge in [0.2, 0.25) is 0 Å². The molecular formula is C19H21ClN4O2. The quantitative estimate of drug-likeness (QED) is 0.840. The van der Waals surface area contributed by atoms with Crippen LogP contribution < -0.4 is 10.1 Å². The molecule has 1 aromatic carbocycles. The second-order valence-electron chi connectivity index (χ2n) is 5.96. The van der Waals surface area contributed by atoms with E-state index in [1.807, 2.05) is 18.2 Å². The Morgan fingerprint density at radius 2 is 2.00 bits per heavy atom. The number of benzene rings is 1. The van der Waals surface area contributed by atoms with Gasteiger partial charge in [0.05, 0.1) is 31.4 Å². The summed E-state index contributed by atoms with van der Waals surface area (Å²) in [6, 6.07) is 13.7. The van der Waals surface area contributed by atoms with Crippen LogP contribution in [0.3, 0.4) is 0 Å². The summed E-state index contributed by atoms with van der Waals surface area (Å²) in [5.74, 6) is 1.47. The first-order valence-corrected chi connectivity index (χ1v) is 8.85. The number of nitrogens with one attached hydrogen (secondary N) is 1. The van der Waals surface area contributed by atoms with Crippen molar-refractivity contribution in [2.75, 3.05) is 45.3 Å². The zero-order valence-corrected chi connectivity index (χ0v) is 15.4. The molecule has 0 spiro atoms. The summed E-state index contributed by atoms with van der Waals surface area (Å²) in [5.41, 5.74) is 1.42. The van der Waals surface area contributed by atoms with Crippen molar-refractivity contribution in [3.05, 3.63) is 52.7 Å². The number of hydrogen-bond acceptors (Lipinski definition) is 6. The maximum absolute atomic E-state index is 9.09. The van der Waals surface area contributed by atoms with E-state index in [9.17, 15) is 0 Å². The summed E-state index contributed by atoms with van der Waals surface area (Å²) in [6.45, 7) is 3.85. The van der Waals surface area contributed by atoms with E-state index in [0.29, 0.717) is 17.4 Å². The van der Waals surface area contributed by atoms with Gasteiger partial charge in [-0.25, -0.2) is 4.98 Å². The van der Waals surface area contributed by atoms with E-state index in [0.717, 1.165) is 32.1 Å². The van der Waals surface area contributed by atoms with Gasteiger partial charge in [0.15, 0.2) is 5.69 Å². The van der Waals surface area contributed by atoms with Crippen molar-refractivity contribution in [3.8, 4) is 11.8 Å². The predicted octanol–water partition coefficient (Wildman–Crippen LogP) is 3.10. The van der Waals surface area contributed by atoms with E-state index >= 15 is 0 Å². The Balaban J connectivity index is 1.77. The van der Waals surface area contributed by atoms with Gasteiger partial charge in [0.25, 0.3) is 0 Å². The molecule has 26 heavy (non-hydrogen) atoms. The summed E-state index contributed by atoms with van der Waals surface area (Å²) in [7, 11) is 1.66. The van der Waals surface area contributed by atoms with Crippen LogP contribution in [0.2, 0.25) is 5.02 Å². The number of rotatable bonds is 6. The number of nitrogens with zero attached hydrogens (tertiary/aromatic N) is 3. The van der Waals surface area contributed by atoms with Crippen molar-refractivity contribution in [2.45, 2.75) is 6.04 Å². The topological polar surface area (TPSA) is 70.4 Å². The first-order valence-electron chi connectivity index (χ1n) is 8.47. The largest absolute Gasteiger partial charge is 0.497 e. The Labute approximate surface area is 158 Å². The summed E-state index contributed by atoms with van der Waals surface area (Å²) < 4.78 is 10.7. The van der Waals surface area contributed by atoms with Crippen molar-refractivity contribution in [2.24, 2.45) is 0 Å². The van der Waals surface area contributed by atoms with Crippen LogP contribution >= 0.6 is 11.6 Å². The molecule has 1 N–H and O–H groups in total. The van der Waals surface area contributed by atoms with Gasteiger partial charge in [0.1, 0.15) is 17.6 Å². The molecular weight excluding hydrogens is 352 g/mol. The molecule has 1 aromatic heterocycles. The predicted molar refractivity (Wildman–Crippen MR) is 101 cm³/mol. The van der Waals surface area contributed by atoms with Gasteiger partial charge in [-0.15, -0.1) is 0 Å². The Kier molecular flexibility index (Phi) is 6.29. The second kappa shape index (κ2) is 8.86. The van der Waals surface area contributed by atoms with Crippen LogP contribution in [0.1, 0.15) is 17.3 Å². The number of ether oxygens (including phenoxy) is 2. The lowest BCUT2D eigenvalue weighted by Gasteiger charge is -2.35. The number of nitriles is 1. The van der Waals surface area contributed by atoms with Crippen LogP contribution in [0.15, 0.2) is 36.4 Å². The van der Waals surface area contributed by atoms with Gasteiger partial charge < -0.3 is 14.8 Å². The highest BCUT2D eigenvalue weighted by molar-refractivity contribution is 6.31. The summed E-state index contributed by atoms with van der Waals surface area (Å²) in [6.07, 6.45) is 0. The highest BCUT2D eigenvalue weighted by Crippen LogP contribution is 2.25. The number of morpholine rings is 1. The van der Waals surface area contributed by atoms with E-state index < -0.39 is 0 Å². The average molecular weight is 373 g/mol. The first-order chi connectivity index (χ1) is 12.7. The van der Waals surface area contributed by atoms with E-state index in [4.69, 9.17) is 26.3 Å². The molecule has 2 heterocycles. The maximum atomic E-state index is 9.09. The summed E-state index contributed by atoms with van der Waals surface area (Å²) >= 11 is 5.96. The minimum atomic E-state index is 0.160. The highest BCUT2D eigenvalue weighted by Gasteiger charge is 2.22. The zero-order chi connectivity index (χ0) is 18.4. The Bertz CT molecular complexity index is 770. The number of anilines is 1. The van der Waals surface area contributed by atoms with Gasteiger partial charge in [-0.1, -0.05) is 23.7 Å². The highest BCUT2D eigenvalue weighted by atomic mass is 35.5. The fraction of sp³-hybridized carbons (Fsp3) is 0.368. The zero-order valence-electron chi connectivity index (χ0n) is 14.6. The Hall–Kier alpha value is -2.33.